The molecule has 0 aromatic heterocycles. The molecule has 2 aromatic carbocycles. The molecule has 0 spiro atoms. The van der Waals surface area contributed by atoms with Gasteiger partial charge in [0.1, 0.15) is 11.6 Å². The summed E-state index contributed by atoms with van der Waals surface area (Å²) in [6.45, 7) is 6.36. The number of morpholine rings is 1. The first kappa shape index (κ1) is 24.2. The van der Waals surface area contributed by atoms with Crippen LogP contribution in [0.2, 0.25) is 0 Å². The molecule has 3 rings (SSSR count). The van der Waals surface area contributed by atoms with Gasteiger partial charge in [0.25, 0.3) is 0 Å². The summed E-state index contributed by atoms with van der Waals surface area (Å²) in [6, 6.07) is 13.3. The van der Waals surface area contributed by atoms with Gasteiger partial charge in [-0.05, 0) is 30.7 Å². The molecule has 1 aliphatic heterocycles. The summed E-state index contributed by atoms with van der Waals surface area (Å²) in [5.41, 5.74) is 2.54. The number of benzene rings is 2. The molecule has 0 radical (unpaired) electrons. The number of rotatable bonds is 7. The summed E-state index contributed by atoms with van der Waals surface area (Å²) in [5, 5.41) is 6.51. The van der Waals surface area contributed by atoms with Crippen LogP contribution in [0.1, 0.15) is 18.1 Å². The number of nitrogens with one attached hydrogen (secondary N) is 2. The SMILES string of the molecule is CCOc1ccccc1CNC(=NC)NCc1ccc(N2CCOCC2)c(F)c1.I. The third-order valence-corrected chi connectivity index (χ3v) is 4.77. The van der Waals surface area contributed by atoms with Crippen molar-refractivity contribution in [3.05, 3.63) is 59.4 Å². The standard InChI is InChI=1S/C22H29FN4O2.HI/c1-3-29-21-7-5-4-6-18(21)16-26-22(24-2)25-15-17-8-9-20(19(23)14-17)27-10-12-28-13-11-27;/h4-9,14H,3,10-13,15-16H2,1-2H3,(H2,24,25,26);1H. The molecular formula is C22H30FIN4O2. The predicted molar refractivity (Wildman–Crippen MR) is 129 cm³/mol. The van der Waals surface area contributed by atoms with E-state index in [4.69, 9.17) is 9.47 Å². The Kier molecular flexibility index (Phi) is 10.2. The third kappa shape index (κ3) is 6.73. The van der Waals surface area contributed by atoms with Crippen molar-refractivity contribution in [1.29, 1.82) is 0 Å². The fourth-order valence-corrected chi connectivity index (χ4v) is 3.25. The molecule has 2 aromatic rings. The molecule has 2 N–H and O–H groups in total. The first-order valence-electron chi connectivity index (χ1n) is 9.97. The third-order valence-electron chi connectivity index (χ3n) is 4.77. The van der Waals surface area contributed by atoms with Gasteiger partial charge in [-0.2, -0.15) is 0 Å². The lowest BCUT2D eigenvalue weighted by Gasteiger charge is -2.29. The van der Waals surface area contributed by atoms with Crippen LogP contribution in [0.4, 0.5) is 10.1 Å². The molecule has 8 heteroatoms. The molecule has 0 amide bonds. The lowest BCUT2D eigenvalue weighted by molar-refractivity contribution is 0.122. The Labute approximate surface area is 194 Å². The molecular weight excluding hydrogens is 498 g/mol. The van der Waals surface area contributed by atoms with Gasteiger partial charge in [-0.1, -0.05) is 24.3 Å². The number of hydrogen-bond donors (Lipinski definition) is 2. The molecule has 0 bridgehead atoms. The maximum absolute atomic E-state index is 14.6. The number of hydrogen-bond acceptors (Lipinski definition) is 4. The Morgan fingerprint density at radius 2 is 1.87 bits per heavy atom. The second-order valence-corrected chi connectivity index (χ2v) is 6.71. The predicted octanol–water partition coefficient (Wildman–Crippen LogP) is 3.54. The van der Waals surface area contributed by atoms with E-state index in [2.05, 4.69) is 15.6 Å². The van der Waals surface area contributed by atoms with Gasteiger partial charge in [0, 0.05) is 38.8 Å². The van der Waals surface area contributed by atoms with Crippen molar-refractivity contribution in [2.75, 3.05) is 44.9 Å². The van der Waals surface area contributed by atoms with Crippen LogP contribution in [-0.2, 0) is 17.8 Å². The van der Waals surface area contributed by atoms with Gasteiger partial charge in [0.2, 0.25) is 0 Å². The van der Waals surface area contributed by atoms with Crippen LogP contribution in [0, 0.1) is 5.82 Å². The van der Waals surface area contributed by atoms with Gasteiger partial charge in [-0.25, -0.2) is 4.39 Å². The molecule has 1 saturated heterocycles. The number of ether oxygens (including phenoxy) is 2. The average Bonchev–Trinajstić information content (AvgIpc) is 2.76. The lowest BCUT2D eigenvalue weighted by atomic mass is 10.1. The molecule has 1 fully saturated rings. The van der Waals surface area contributed by atoms with Gasteiger partial charge in [0.05, 0.1) is 25.5 Å². The highest BCUT2D eigenvalue weighted by Crippen LogP contribution is 2.21. The van der Waals surface area contributed by atoms with Gasteiger partial charge in [-0.15, -0.1) is 24.0 Å². The Morgan fingerprint density at radius 3 is 2.57 bits per heavy atom. The minimum atomic E-state index is -0.209. The molecule has 30 heavy (non-hydrogen) atoms. The van der Waals surface area contributed by atoms with Crippen molar-refractivity contribution in [3.63, 3.8) is 0 Å². The van der Waals surface area contributed by atoms with E-state index in [0.29, 0.717) is 57.6 Å². The van der Waals surface area contributed by atoms with E-state index >= 15 is 0 Å². The number of guanidine groups is 1. The summed E-state index contributed by atoms with van der Waals surface area (Å²) in [7, 11) is 1.71. The van der Waals surface area contributed by atoms with Crippen molar-refractivity contribution in [2.45, 2.75) is 20.0 Å². The molecule has 0 aliphatic carbocycles. The monoisotopic (exact) mass is 528 g/mol. The highest BCUT2D eigenvalue weighted by atomic mass is 127. The van der Waals surface area contributed by atoms with Crippen molar-refractivity contribution in [2.24, 2.45) is 4.99 Å². The van der Waals surface area contributed by atoms with E-state index in [1.165, 1.54) is 0 Å². The van der Waals surface area contributed by atoms with Crippen LogP contribution in [0.25, 0.3) is 0 Å². The zero-order valence-electron chi connectivity index (χ0n) is 17.5. The van der Waals surface area contributed by atoms with Gasteiger partial charge in [0.15, 0.2) is 5.96 Å². The smallest absolute Gasteiger partial charge is 0.191 e. The fraction of sp³-hybridized carbons (Fsp3) is 0.409. The molecule has 6 nitrogen and oxygen atoms in total. The van der Waals surface area contributed by atoms with Crippen LogP contribution in [0.15, 0.2) is 47.5 Å². The van der Waals surface area contributed by atoms with E-state index in [1.54, 1.807) is 13.1 Å². The first-order valence-corrected chi connectivity index (χ1v) is 9.97. The maximum atomic E-state index is 14.6. The second-order valence-electron chi connectivity index (χ2n) is 6.71. The largest absolute Gasteiger partial charge is 0.494 e. The first-order chi connectivity index (χ1) is 14.2. The van der Waals surface area contributed by atoms with E-state index in [1.807, 2.05) is 48.2 Å². The van der Waals surface area contributed by atoms with Crippen molar-refractivity contribution in [1.82, 2.24) is 10.6 Å². The Morgan fingerprint density at radius 1 is 1.13 bits per heavy atom. The lowest BCUT2D eigenvalue weighted by Crippen LogP contribution is -2.37. The number of nitrogens with zero attached hydrogens (tertiary/aromatic N) is 2. The number of aliphatic imine (C=N–C) groups is 1. The van der Waals surface area contributed by atoms with E-state index in [-0.39, 0.29) is 29.8 Å². The minimum Gasteiger partial charge on any atom is -0.494 e. The van der Waals surface area contributed by atoms with Crippen molar-refractivity contribution >= 4 is 35.6 Å². The Balaban J connectivity index is 0.00000320. The fourth-order valence-electron chi connectivity index (χ4n) is 3.25. The quantitative estimate of drug-likeness (QED) is 0.327. The normalized spacial score (nSPS) is 14.1. The molecule has 0 atom stereocenters. The number of anilines is 1. The molecule has 164 valence electrons. The molecule has 0 saturated carbocycles. The van der Waals surface area contributed by atoms with Crippen LogP contribution >= 0.6 is 24.0 Å². The summed E-state index contributed by atoms with van der Waals surface area (Å²) < 4.78 is 25.5. The minimum absolute atomic E-state index is 0. The van der Waals surface area contributed by atoms with Crippen LogP contribution < -0.4 is 20.3 Å². The zero-order chi connectivity index (χ0) is 20.5. The van der Waals surface area contributed by atoms with Gasteiger partial charge in [-0.3, -0.25) is 4.99 Å². The molecule has 1 heterocycles. The summed E-state index contributed by atoms with van der Waals surface area (Å²) in [6.07, 6.45) is 0. The van der Waals surface area contributed by atoms with E-state index < -0.39 is 0 Å². The second kappa shape index (κ2) is 12.6. The van der Waals surface area contributed by atoms with Crippen LogP contribution in [0.5, 0.6) is 5.75 Å². The number of para-hydroxylation sites is 1. The summed E-state index contributed by atoms with van der Waals surface area (Å²) in [5.74, 6) is 1.30. The highest BCUT2D eigenvalue weighted by Gasteiger charge is 2.15. The molecule has 0 unspecified atom stereocenters. The van der Waals surface area contributed by atoms with Gasteiger partial charge >= 0.3 is 0 Å². The maximum Gasteiger partial charge on any atom is 0.191 e. The van der Waals surface area contributed by atoms with Crippen LogP contribution in [0.3, 0.4) is 0 Å². The Bertz CT molecular complexity index is 829. The van der Waals surface area contributed by atoms with Crippen molar-refractivity contribution in [3.8, 4) is 5.75 Å². The van der Waals surface area contributed by atoms with Gasteiger partial charge < -0.3 is 25.0 Å². The van der Waals surface area contributed by atoms with Crippen LogP contribution in [-0.4, -0.2) is 45.9 Å². The average molecular weight is 528 g/mol. The van der Waals surface area contributed by atoms with E-state index in [9.17, 15) is 4.39 Å². The summed E-state index contributed by atoms with van der Waals surface area (Å²) in [4.78, 5) is 6.27. The van der Waals surface area contributed by atoms with Crippen molar-refractivity contribution < 1.29 is 13.9 Å². The highest BCUT2D eigenvalue weighted by molar-refractivity contribution is 14.0. The zero-order valence-corrected chi connectivity index (χ0v) is 19.8. The number of halogens is 2. The topological polar surface area (TPSA) is 58.1 Å². The van der Waals surface area contributed by atoms with E-state index in [0.717, 1.165) is 16.9 Å². The molecule has 1 aliphatic rings. The summed E-state index contributed by atoms with van der Waals surface area (Å²) >= 11 is 0. The Hall–Kier alpha value is -2.07.